The Morgan fingerprint density at radius 1 is 1.27 bits per heavy atom. The Bertz CT molecular complexity index is 175. The summed E-state index contributed by atoms with van der Waals surface area (Å²) in [5.41, 5.74) is -0.363. The van der Waals surface area contributed by atoms with Crippen LogP contribution in [0.1, 0.15) is 33.6 Å². The first-order chi connectivity index (χ1) is 6.95. The van der Waals surface area contributed by atoms with Gasteiger partial charge in [0, 0.05) is 19.5 Å². The van der Waals surface area contributed by atoms with E-state index in [1.807, 2.05) is 20.8 Å². The highest BCUT2D eigenvalue weighted by Crippen LogP contribution is 2.11. The van der Waals surface area contributed by atoms with Crippen LogP contribution in [0.5, 0.6) is 0 Å². The lowest BCUT2D eigenvalue weighted by atomic mass is 10.2. The maximum absolute atomic E-state index is 11.3. The van der Waals surface area contributed by atoms with Gasteiger partial charge >= 0.3 is 5.97 Å². The number of hydrogen-bond acceptors (Lipinski definition) is 4. The molecule has 0 aliphatic carbocycles. The summed E-state index contributed by atoms with van der Waals surface area (Å²) in [6, 6.07) is 0. The number of carbonyl (C=O) groups excluding carboxylic acids is 1. The van der Waals surface area contributed by atoms with Crippen molar-refractivity contribution in [1.29, 1.82) is 0 Å². The minimum atomic E-state index is -0.363. The van der Waals surface area contributed by atoms with Crippen molar-refractivity contribution in [1.82, 2.24) is 0 Å². The molecule has 15 heavy (non-hydrogen) atoms. The number of methoxy groups -OCH3 is 1. The van der Waals surface area contributed by atoms with Crippen molar-refractivity contribution in [2.75, 3.05) is 25.2 Å². The predicted octanol–water partition coefficient (Wildman–Crippen LogP) is 2.49. The van der Waals surface area contributed by atoms with Gasteiger partial charge in [0.1, 0.15) is 5.60 Å². The zero-order chi connectivity index (χ0) is 11.7. The van der Waals surface area contributed by atoms with Gasteiger partial charge < -0.3 is 9.47 Å². The Kier molecular flexibility index (Phi) is 7.88. The zero-order valence-electron chi connectivity index (χ0n) is 10.2. The molecule has 0 amide bonds. The number of ether oxygens (including phenoxy) is 2. The molecule has 0 aromatic heterocycles. The molecule has 0 aliphatic rings. The van der Waals surface area contributed by atoms with Crippen LogP contribution in [0.25, 0.3) is 0 Å². The van der Waals surface area contributed by atoms with Gasteiger partial charge in [-0.25, -0.2) is 0 Å². The van der Waals surface area contributed by atoms with Crippen molar-refractivity contribution < 1.29 is 14.3 Å². The van der Waals surface area contributed by atoms with E-state index in [4.69, 9.17) is 9.47 Å². The number of rotatable bonds is 7. The highest BCUT2D eigenvalue weighted by atomic mass is 32.2. The Labute approximate surface area is 96.9 Å². The monoisotopic (exact) mass is 234 g/mol. The van der Waals surface area contributed by atoms with E-state index < -0.39 is 0 Å². The van der Waals surface area contributed by atoms with Crippen molar-refractivity contribution in [3.05, 3.63) is 0 Å². The molecule has 0 rings (SSSR count). The van der Waals surface area contributed by atoms with E-state index in [9.17, 15) is 4.79 Å². The SMILES string of the molecule is COCCCSCCC(=O)OC(C)(C)C. The molecule has 0 atom stereocenters. The van der Waals surface area contributed by atoms with Gasteiger partial charge in [0.15, 0.2) is 0 Å². The van der Waals surface area contributed by atoms with Crippen molar-refractivity contribution in [2.24, 2.45) is 0 Å². The quantitative estimate of drug-likeness (QED) is 0.501. The van der Waals surface area contributed by atoms with Crippen molar-refractivity contribution in [3.63, 3.8) is 0 Å². The lowest BCUT2D eigenvalue weighted by Crippen LogP contribution is -2.24. The third kappa shape index (κ3) is 11.7. The summed E-state index contributed by atoms with van der Waals surface area (Å²) in [5.74, 6) is 1.76. The second-order valence-corrected chi connectivity index (χ2v) is 5.52. The summed E-state index contributed by atoms with van der Waals surface area (Å²) in [5, 5.41) is 0. The van der Waals surface area contributed by atoms with Crippen LogP contribution in [0.2, 0.25) is 0 Å². The second kappa shape index (κ2) is 7.99. The zero-order valence-corrected chi connectivity index (χ0v) is 11.0. The normalized spacial score (nSPS) is 11.5. The molecule has 0 spiro atoms. The minimum absolute atomic E-state index is 0.109. The molecular formula is C11H22O3S. The topological polar surface area (TPSA) is 35.5 Å². The van der Waals surface area contributed by atoms with Crippen LogP contribution in [0.4, 0.5) is 0 Å². The van der Waals surface area contributed by atoms with Gasteiger partial charge in [0.2, 0.25) is 0 Å². The van der Waals surface area contributed by atoms with Gasteiger partial charge in [0.05, 0.1) is 6.42 Å². The lowest BCUT2D eigenvalue weighted by Gasteiger charge is -2.19. The van der Waals surface area contributed by atoms with Gasteiger partial charge in [-0.05, 0) is 32.9 Å². The van der Waals surface area contributed by atoms with Crippen molar-refractivity contribution >= 4 is 17.7 Å². The number of carbonyl (C=O) groups is 1. The van der Waals surface area contributed by atoms with E-state index in [-0.39, 0.29) is 11.6 Å². The van der Waals surface area contributed by atoms with E-state index in [2.05, 4.69) is 0 Å². The molecule has 0 unspecified atom stereocenters. The summed E-state index contributed by atoms with van der Waals surface area (Å²) in [7, 11) is 1.70. The van der Waals surface area contributed by atoms with Crippen LogP contribution in [0, 0.1) is 0 Å². The Balaban J connectivity index is 3.32. The molecule has 0 N–H and O–H groups in total. The molecule has 0 aliphatic heterocycles. The fourth-order valence-electron chi connectivity index (χ4n) is 0.955. The average Bonchev–Trinajstić information content (AvgIpc) is 2.08. The summed E-state index contributed by atoms with van der Waals surface area (Å²) >= 11 is 1.77. The van der Waals surface area contributed by atoms with Gasteiger partial charge in [-0.1, -0.05) is 0 Å². The maximum Gasteiger partial charge on any atom is 0.307 e. The first kappa shape index (κ1) is 14.8. The van der Waals surface area contributed by atoms with Gasteiger partial charge in [-0.2, -0.15) is 11.8 Å². The third-order valence-electron chi connectivity index (χ3n) is 1.51. The molecule has 0 bridgehead atoms. The molecule has 0 aromatic carbocycles. The number of hydrogen-bond donors (Lipinski definition) is 0. The smallest absolute Gasteiger partial charge is 0.307 e. The van der Waals surface area contributed by atoms with E-state index in [1.165, 1.54) is 0 Å². The molecule has 3 nitrogen and oxygen atoms in total. The summed E-state index contributed by atoms with van der Waals surface area (Å²) in [6.45, 7) is 6.45. The molecular weight excluding hydrogens is 212 g/mol. The third-order valence-corrected chi connectivity index (χ3v) is 2.58. The van der Waals surface area contributed by atoms with Crippen LogP contribution < -0.4 is 0 Å². The molecule has 0 fully saturated rings. The Hall–Kier alpha value is -0.220. The minimum Gasteiger partial charge on any atom is -0.460 e. The second-order valence-electron chi connectivity index (χ2n) is 4.30. The van der Waals surface area contributed by atoms with Gasteiger partial charge in [-0.15, -0.1) is 0 Å². The predicted molar refractivity (Wildman–Crippen MR) is 64.3 cm³/mol. The number of thioether (sulfide) groups is 1. The molecule has 0 heterocycles. The van der Waals surface area contributed by atoms with E-state index in [1.54, 1.807) is 18.9 Å². The Morgan fingerprint density at radius 2 is 1.93 bits per heavy atom. The fourth-order valence-corrected chi connectivity index (χ4v) is 1.79. The highest BCUT2D eigenvalue weighted by Gasteiger charge is 2.15. The van der Waals surface area contributed by atoms with Crippen LogP contribution in [0.3, 0.4) is 0 Å². The Morgan fingerprint density at radius 3 is 2.47 bits per heavy atom. The fraction of sp³-hybridized carbons (Fsp3) is 0.909. The highest BCUT2D eigenvalue weighted by molar-refractivity contribution is 7.99. The van der Waals surface area contributed by atoms with Crippen molar-refractivity contribution in [2.45, 2.75) is 39.2 Å². The van der Waals surface area contributed by atoms with Crippen LogP contribution in [-0.4, -0.2) is 36.8 Å². The van der Waals surface area contributed by atoms with Crippen molar-refractivity contribution in [3.8, 4) is 0 Å². The average molecular weight is 234 g/mol. The van der Waals surface area contributed by atoms with Crippen LogP contribution >= 0.6 is 11.8 Å². The summed E-state index contributed by atoms with van der Waals surface area (Å²) in [4.78, 5) is 11.3. The molecule has 0 saturated heterocycles. The standard InChI is InChI=1S/C11H22O3S/c1-11(2,3)14-10(12)6-9-15-8-5-7-13-4/h5-9H2,1-4H3. The summed E-state index contributed by atoms with van der Waals surface area (Å²) < 4.78 is 10.1. The van der Waals surface area contributed by atoms with E-state index in [0.29, 0.717) is 6.42 Å². The number of esters is 1. The van der Waals surface area contributed by atoms with E-state index >= 15 is 0 Å². The molecule has 0 saturated carbocycles. The maximum atomic E-state index is 11.3. The molecule has 0 radical (unpaired) electrons. The molecule has 4 heteroatoms. The first-order valence-electron chi connectivity index (χ1n) is 5.24. The van der Waals surface area contributed by atoms with Crippen LogP contribution in [0.15, 0.2) is 0 Å². The first-order valence-corrected chi connectivity index (χ1v) is 6.39. The van der Waals surface area contributed by atoms with Crippen LogP contribution in [-0.2, 0) is 14.3 Å². The van der Waals surface area contributed by atoms with Gasteiger partial charge in [0.25, 0.3) is 0 Å². The lowest BCUT2D eigenvalue weighted by molar-refractivity contribution is -0.154. The van der Waals surface area contributed by atoms with Gasteiger partial charge in [-0.3, -0.25) is 4.79 Å². The summed E-state index contributed by atoms with van der Waals surface area (Å²) in [6.07, 6.45) is 1.53. The largest absolute Gasteiger partial charge is 0.460 e. The molecule has 90 valence electrons. The molecule has 0 aromatic rings. The van der Waals surface area contributed by atoms with E-state index in [0.717, 1.165) is 24.5 Å².